The number of likely N-dealkylation sites (tertiary alicyclic amines) is 1. The number of piperidine rings is 1. The Morgan fingerprint density at radius 3 is 2.73 bits per heavy atom. The van der Waals surface area contributed by atoms with Gasteiger partial charge in [-0.3, -0.25) is 9.59 Å². The minimum absolute atomic E-state index is 0.0769. The van der Waals surface area contributed by atoms with E-state index >= 15 is 0 Å². The zero-order valence-corrected chi connectivity index (χ0v) is 18.6. The molecule has 3 aromatic heterocycles. The van der Waals surface area contributed by atoms with Gasteiger partial charge >= 0.3 is 0 Å². The van der Waals surface area contributed by atoms with Crippen molar-refractivity contribution in [2.45, 2.75) is 39.0 Å². The fraction of sp³-hybridized carbons (Fsp3) is 0.450. The molecule has 2 amide bonds. The number of nitrogens with one attached hydrogen (secondary N) is 2. The van der Waals surface area contributed by atoms with Crippen LogP contribution in [0, 0.1) is 13.8 Å². The number of H-pyrrole nitrogens is 1. The summed E-state index contributed by atoms with van der Waals surface area (Å²) in [6.45, 7) is 5.75. The summed E-state index contributed by atoms with van der Waals surface area (Å²) >= 11 is 2.99. The molecule has 0 bridgehead atoms. The van der Waals surface area contributed by atoms with Crippen LogP contribution in [0.2, 0.25) is 0 Å². The lowest BCUT2D eigenvalue weighted by atomic mass is 9.97. The molecule has 0 radical (unpaired) electrons. The summed E-state index contributed by atoms with van der Waals surface area (Å²) in [6, 6.07) is 0. The first-order valence-electron chi connectivity index (χ1n) is 9.95. The standard InChI is InChI=1S/C20H24N6O2S2/c1-12-17(30-13(2)24-12)20(28)26-7-4-14(5-8-26)19-25-16(10-29-19)18(27)22-6-3-15-9-21-11-23-15/h9-11,14H,3-8H2,1-2H3,(H,21,23)(H,22,27). The van der Waals surface area contributed by atoms with Gasteiger partial charge in [0.05, 0.1) is 22.0 Å². The summed E-state index contributed by atoms with van der Waals surface area (Å²) in [5.41, 5.74) is 2.26. The number of imidazole rings is 1. The third-order valence-corrected chi connectivity index (χ3v) is 7.29. The lowest BCUT2D eigenvalue weighted by Gasteiger charge is -2.30. The molecule has 0 spiro atoms. The van der Waals surface area contributed by atoms with Crippen molar-refractivity contribution >= 4 is 34.5 Å². The van der Waals surface area contributed by atoms with E-state index in [2.05, 4.69) is 25.3 Å². The molecule has 0 aromatic carbocycles. The zero-order valence-electron chi connectivity index (χ0n) is 17.0. The van der Waals surface area contributed by atoms with Gasteiger partial charge in [-0.15, -0.1) is 22.7 Å². The highest BCUT2D eigenvalue weighted by atomic mass is 32.1. The molecule has 30 heavy (non-hydrogen) atoms. The zero-order chi connectivity index (χ0) is 21.1. The summed E-state index contributed by atoms with van der Waals surface area (Å²) in [7, 11) is 0. The van der Waals surface area contributed by atoms with E-state index in [4.69, 9.17) is 0 Å². The lowest BCUT2D eigenvalue weighted by Crippen LogP contribution is -2.37. The Kier molecular flexibility index (Phi) is 6.24. The number of aromatic amines is 1. The Morgan fingerprint density at radius 2 is 2.07 bits per heavy atom. The molecule has 0 atom stereocenters. The van der Waals surface area contributed by atoms with Crippen LogP contribution in [0.5, 0.6) is 0 Å². The van der Waals surface area contributed by atoms with Crippen molar-refractivity contribution in [3.05, 3.63) is 49.9 Å². The lowest BCUT2D eigenvalue weighted by molar-refractivity contribution is 0.0717. The van der Waals surface area contributed by atoms with E-state index in [9.17, 15) is 9.59 Å². The number of carbonyl (C=O) groups is 2. The molecule has 1 aliphatic rings. The highest BCUT2D eigenvalue weighted by molar-refractivity contribution is 7.13. The number of carbonyl (C=O) groups excluding carboxylic acids is 2. The molecule has 0 saturated carbocycles. The number of thiazole rings is 2. The van der Waals surface area contributed by atoms with Crippen LogP contribution >= 0.6 is 22.7 Å². The van der Waals surface area contributed by atoms with Gasteiger partial charge in [-0.1, -0.05) is 0 Å². The maximum Gasteiger partial charge on any atom is 0.270 e. The van der Waals surface area contributed by atoms with Gasteiger partial charge in [-0.25, -0.2) is 15.0 Å². The molecule has 8 nitrogen and oxygen atoms in total. The van der Waals surface area contributed by atoms with Gasteiger partial charge in [0, 0.05) is 49.2 Å². The van der Waals surface area contributed by atoms with Crippen molar-refractivity contribution in [2.24, 2.45) is 0 Å². The Bertz CT molecular complexity index is 1020. The van der Waals surface area contributed by atoms with Crippen molar-refractivity contribution in [3.8, 4) is 0 Å². The fourth-order valence-corrected chi connectivity index (χ4v) is 5.46. The fourth-order valence-electron chi connectivity index (χ4n) is 3.60. The normalized spacial score (nSPS) is 14.8. The average Bonchev–Trinajstić information content (AvgIpc) is 3.49. The Labute approximate surface area is 182 Å². The van der Waals surface area contributed by atoms with E-state index in [1.165, 1.54) is 22.7 Å². The van der Waals surface area contributed by atoms with Gasteiger partial charge in [0.25, 0.3) is 11.8 Å². The van der Waals surface area contributed by atoms with Crippen LogP contribution < -0.4 is 5.32 Å². The third kappa shape index (κ3) is 4.59. The number of aromatic nitrogens is 4. The monoisotopic (exact) mass is 444 g/mol. The highest BCUT2D eigenvalue weighted by Gasteiger charge is 2.28. The van der Waals surface area contributed by atoms with Crippen molar-refractivity contribution < 1.29 is 9.59 Å². The largest absolute Gasteiger partial charge is 0.350 e. The second kappa shape index (κ2) is 9.05. The second-order valence-corrected chi connectivity index (χ2v) is 9.46. The van der Waals surface area contributed by atoms with Crippen LogP contribution in [-0.4, -0.2) is 56.3 Å². The highest BCUT2D eigenvalue weighted by Crippen LogP contribution is 2.31. The van der Waals surface area contributed by atoms with E-state index in [1.807, 2.05) is 24.1 Å². The summed E-state index contributed by atoms with van der Waals surface area (Å²) in [6.07, 6.45) is 5.80. The molecule has 2 N–H and O–H groups in total. The molecule has 10 heteroatoms. The Balaban J connectivity index is 1.29. The summed E-state index contributed by atoms with van der Waals surface area (Å²) in [5, 5.41) is 6.62. The number of amides is 2. The maximum atomic E-state index is 12.8. The quantitative estimate of drug-likeness (QED) is 0.608. The molecule has 1 aliphatic heterocycles. The predicted octanol–water partition coefficient (Wildman–Crippen LogP) is 2.93. The van der Waals surface area contributed by atoms with Gasteiger partial charge in [0.1, 0.15) is 10.6 Å². The van der Waals surface area contributed by atoms with Crippen LogP contribution in [0.3, 0.4) is 0 Å². The van der Waals surface area contributed by atoms with E-state index < -0.39 is 0 Å². The van der Waals surface area contributed by atoms with E-state index in [1.54, 1.807) is 12.5 Å². The van der Waals surface area contributed by atoms with Crippen LogP contribution in [0.4, 0.5) is 0 Å². The van der Waals surface area contributed by atoms with Gasteiger partial charge in [-0.05, 0) is 26.7 Å². The van der Waals surface area contributed by atoms with Crippen LogP contribution in [0.1, 0.15) is 60.3 Å². The van der Waals surface area contributed by atoms with Gasteiger partial charge < -0.3 is 15.2 Å². The number of rotatable bonds is 6. The minimum atomic E-state index is -0.152. The van der Waals surface area contributed by atoms with Crippen molar-refractivity contribution in [2.75, 3.05) is 19.6 Å². The first kappa shape index (κ1) is 20.7. The molecule has 4 heterocycles. The van der Waals surface area contributed by atoms with E-state index in [0.29, 0.717) is 31.7 Å². The van der Waals surface area contributed by atoms with Crippen molar-refractivity contribution in [3.63, 3.8) is 0 Å². The number of aryl methyl sites for hydroxylation is 2. The molecule has 0 aliphatic carbocycles. The molecular formula is C20H24N6O2S2. The smallest absolute Gasteiger partial charge is 0.270 e. The van der Waals surface area contributed by atoms with Gasteiger partial charge in [-0.2, -0.15) is 0 Å². The van der Waals surface area contributed by atoms with E-state index in [-0.39, 0.29) is 17.7 Å². The molecule has 3 aromatic rings. The molecular weight excluding hydrogens is 420 g/mol. The summed E-state index contributed by atoms with van der Waals surface area (Å²) < 4.78 is 0. The first-order chi connectivity index (χ1) is 14.5. The Hall–Kier alpha value is -2.59. The maximum absolute atomic E-state index is 12.8. The second-order valence-electron chi connectivity index (χ2n) is 7.37. The van der Waals surface area contributed by atoms with Crippen LogP contribution in [0.25, 0.3) is 0 Å². The molecule has 1 saturated heterocycles. The van der Waals surface area contributed by atoms with Gasteiger partial charge in [0.15, 0.2) is 0 Å². The number of nitrogens with zero attached hydrogens (tertiary/aromatic N) is 4. The third-order valence-electron chi connectivity index (χ3n) is 5.22. The van der Waals surface area contributed by atoms with E-state index in [0.717, 1.165) is 39.1 Å². The molecule has 0 unspecified atom stereocenters. The SMILES string of the molecule is Cc1nc(C)c(C(=O)N2CCC(c3nc(C(=O)NCCc4cnc[nH]4)cs3)CC2)s1. The van der Waals surface area contributed by atoms with Crippen LogP contribution in [0.15, 0.2) is 17.9 Å². The molecule has 4 rings (SSSR count). The van der Waals surface area contributed by atoms with Gasteiger partial charge in [0.2, 0.25) is 0 Å². The molecule has 1 fully saturated rings. The minimum Gasteiger partial charge on any atom is -0.350 e. The molecule has 158 valence electrons. The number of hydrogen-bond donors (Lipinski definition) is 2. The van der Waals surface area contributed by atoms with Crippen molar-refractivity contribution in [1.29, 1.82) is 0 Å². The Morgan fingerprint density at radius 1 is 1.27 bits per heavy atom. The predicted molar refractivity (Wildman–Crippen MR) is 116 cm³/mol. The summed E-state index contributed by atoms with van der Waals surface area (Å²) in [5.74, 6) is 0.212. The van der Waals surface area contributed by atoms with Crippen molar-refractivity contribution in [1.82, 2.24) is 30.2 Å². The topological polar surface area (TPSA) is 104 Å². The number of hydrogen-bond acceptors (Lipinski definition) is 7. The first-order valence-corrected chi connectivity index (χ1v) is 11.6. The average molecular weight is 445 g/mol. The van der Waals surface area contributed by atoms with Crippen LogP contribution in [-0.2, 0) is 6.42 Å². The summed E-state index contributed by atoms with van der Waals surface area (Å²) in [4.78, 5) is 43.7.